The van der Waals surface area contributed by atoms with E-state index in [0.29, 0.717) is 23.7 Å². The number of rotatable bonds is 6. The summed E-state index contributed by atoms with van der Waals surface area (Å²) in [6.07, 6.45) is 3.66. The van der Waals surface area contributed by atoms with Crippen molar-refractivity contribution in [1.29, 1.82) is 0 Å². The van der Waals surface area contributed by atoms with Gasteiger partial charge in [-0.25, -0.2) is 8.42 Å². The van der Waals surface area contributed by atoms with Crippen molar-refractivity contribution >= 4 is 21.4 Å². The molecule has 0 bridgehead atoms. The van der Waals surface area contributed by atoms with Crippen molar-refractivity contribution in [2.75, 3.05) is 5.75 Å². The number of halogens is 1. The lowest BCUT2D eigenvalue weighted by Gasteiger charge is -2.13. The van der Waals surface area contributed by atoms with Crippen molar-refractivity contribution in [3.05, 3.63) is 29.8 Å². The Morgan fingerprint density at radius 2 is 2.00 bits per heavy atom. The van der Waals surface area contributed by atoms with E-state index < -0.39 is 9.84 Å². The van der Waals surface area contributed by atoms with Gasteiger partial charge >= 0.3 is 0 Å². The van der Waals surface area contributed by atoms with Crippen LogP contribution in [0.25, 0.3) is 0 Å². The summed E-state index contributed by atoms with van der Waals surface area (Å²) in [4.78, 5) is 0.471. The molecule has 1 atom stereocenters. The molecule has 2 nitrogen and oxygen atoms in total. The lowest BCUT2D eigenvalue weighted by atomic mass is 10.1. The number of benzene rings is 1. The number of hydrogen-bond acceptors (Lipinski definition) is 2. The van der Waals surface area contributed by atoms with Gasteiger partial charge in [0, 0.05) is 5.38 Å². The first-order chi connectivity index (χ1) is 8.54. The minimum absolute atomic E-state index is 0.0722. The molecule has 1 fully saturated rings. The summed E-state index contributed by atoms with van der Waals surface area (Å²) in [5.74, 6) is 0.786. The Labute approximate surface area is 114 Å². The van der Waals surface area contributed by atoms with Gasteiger partial charge in [0.25, 0.3) is 0 Å². The Morgan fingerprint density at radius 3 is 2.61 bits per heavy atom. The van der Waals surface area contributed by atoms with E-state index in [2.05, 4.69) is 0 Å². The molecule has 1 aromatic carbocycles. The molecule has 1 unspecified atom stereocenters. The molecule has 0 aromatic heterocycles. The van der Waals surface area contributed by atoms with Crippen LogP contribution in [0, 0.1) is 5.92 Å². The molecular weight excluding hydrogens is 268 g/mol. The average molecular weight is 287 g/mol. The van der Waals surface area contributed by atoms with Gasteiger partial charge in [-0.3, -0.25) is 0 Å². The number of sulfone groups is 1. The highest BCUT2D eigenvalue weighted by molar-refractivity contribution is 7.91. The van der Waals surface area contributed by atoms with Gasteiger partial charge < -0.3 is 0 Å². The van der Waals surface area contributed by atoms with E-state index in [-0.39, 0.29) is 11.1 Å². The molecule has 1 saturated carbocycles. The summed E-state index contributed by atoms with van der Waals surface area (Å²) in [6.45, 7) is 1.88. The van der Waals surface area contributed by atoms with Gasteiger partial charge in [0.2, 0.25) is 0 Å². The second-order valence-electron chi connectivity index (χ2n) is 4.98. The SMILES string of the molecule is CCCS(=O)(=O)c1ccccc1CC(Cl)C1CC1. The quantitative estimate of drug-likeness (QED) is 0.751. The third-order valence-corrected chi connectivity index (χ3v) is 5.85. The van der Waals surface area contributed by atoms with E-state index in [9.17, 15) is 8.42 Å². The van der Waals surface area contributed by atoms with Gasteiger partial charge in [-0.15, -0.1) is 11.6 Å². The first-order valence-corrected chi connectivity index (χ1v) is 8.58. The summed E-state index contributed by atoms with van der Waals surface area (Å²) >= 11 is 6.32. The molecule has 0 aliphatic heterocycles. The van der Waals surface area contributed by atoms with Gasteiger partial charge in [0.1, 0.15) is 0 Å². The molecule has 0 amide bonds. The Morgan fingerprint density at radius 1 is 1.33 bits per heavy atom. The smallest absolute Gasteiger partial charge is 0.178 e. The molecule has 18 heavy (non-hydrogen) atoms. The molecule has 0 radical (unpaired) electrons. The highest BCUT2D eigenvalue weighted by Gasteiger charge is 2.30. The Bertz CT molecular complexity index is 506. The molecular formula is C14H19ClO2S. The fourth-order valence-corrected chi connectivity index (χ4v) is 4.20. The predicted molar refractivity (Wildman–Crippen MR) is 74.9 cm³/mol. The standard InChI is InChI=1S/C14H19ClO2S/c1-2-9-18(16,17)14-6-4-3-5-12(14)10-13(15)11-7-8-11/h3-6,11,13H,2,7-10H2,1H3. The van der Waals surface area contributed by atoms with Crippen LogP contribution in [0.3, 0.4) is 0 Å². The minimum Gasteiger partial charge on any atom is -0.224 e. The van der Waals surface area contributed by atoms with Crippen molar-refractivity contribution in [3.63, 3.8) is 0 Å². The van der Waals surface area contributed by atoms with E-state index >= 15 is 0 Å². The monoisotopic (exact) mass is 286 g/mol. The fourth-order valence-electron chi connectivity index (χ4n) is 2.19. The Balaban J connectivity index is 2.24. The van der Waals surface area contributed by atoms with Gasteiger partial charge in [-0.05, 0) is 43.2 Å². The zero-order valence-electron chi connectivity index (χ0n) is 10.6. The molecule has 0 saturated heterocycles. The van der Waals surface area contributed by atoms with Crippen LogP contribution < -0.4 is 0 Å². The van der Waals surface area contributed by atoms with Crippen LogP contribution in [0.4, 0.5) is 0 Å². The zero-order chi connectivity index (χ0) is 13.2. The minimum atomic E-state index is -3.15. The van der Waals surface area contributed by atoms with E-state index in [4.69, 9.17) is 11.6 Å². The normalized spacial score (nSPS) is 17.7. The second kappa shape index (κ2) is 5.62. The molecule has 0 heterocycles. The predicted octanol–water partition coefficient (Wildman–Crippen LogP) is 3.43. The van der Waals surface area contributed by atoms with Gasteiger partial charge in [0.05, 0.1) is 10.6 Å². The third kappa shape index (κ3) is 3.27. The number of alkyl halides is 1. The highest BCUT2D eigenvalue weighted by atomic mass is 35.5. The van der Waals surface area contributed by atoms with Gasteiger partial charge in [-0.1, -0.05) is 25.1 Å². The van der Waals surface area contributed by atoms with E-state index in [0.717, 1.165) is 5.56 Å². The highest BCUT2D eigenvalue weighted by Crippen LogP contribution is 2.37. The van der Waals surface area contributed by atoms with E-state index in [1.54, 1.807) is 12.1 Å². The maximum absolute atomic E-state index is 12.2. The molecule has 2 rings (SSSR count). The maximum Gasteiger partial charge on any atom is 0.178 e. The van der Waals surface area contributed by atoms with Crippen LogP contribution in [-0.2, 0) is 16.3 Å². The lowest BCUT2D eigenvalue weighted by molar-refractivity contribution is 0.592. The van der Waals surface area contributed by atoms with E-state index in [1.807, 2.05) is 19.1 Å². The molecule has 1 aromatic rings. The topological polar surface area (TPSA) is 34.1 Å². The van der Waals surface area contributed by atoms with Crippen LogP contribution in [0.2, 0.25) is 0 Å². The zero-order valence-corrected chi connectivity index (χ0v) is 12.2. The molecule has 0 N–H and O–H groups in total. The fraction of sp³-hybridized carbons (Fsp3) is 0.571. The summed E-state index contributed by atoms with van der Waals surface area (Å²) < 4.78 is 24.4. The van der Waals surface area contributed by atoms with Crippen molar-refractivity contribution in [3.8, 4) is 0 Å². The van der Waals surface area contributed by atoms with E-state index in [1.165, 1.54) is 12.8 Å². The summed E-state index contributed by atoms with van der Waals surface area (Å²) in [5, 5.41) is 0.0722. The number of hydrogen-bond donors (Lipinski definition) is 0. The van der Waals surface area contributed by atoms with Gasteiger partial charge in [-0.2, -0.15) is 0 Å². The first kappa shape index (κ1) is 13.9. The van der Waals surface area contributed by atoms with Crippen molar-refractivity contribution in [2.24, 2.45) is 5.92 Å². The largest absolute Gasteiger partial charge is 0.224 e. The van der Waals surface area contributed by atoms with Crippen LogP contribution in [-0.4, -0.2) is 19.5 Å². The maximum atomic E-state index is 12.2. The summed E-state index contributed by atoms with van der Waals surface area (Å²) in [7, 11) is -3.15. The lowest BCUT2D eigenvalue weighted by Crippen LogP contribution is -2.13. The second-order valence-corrected chi connectivity index (χ2v) is 7.62. The first-order valence-electron chi connectivity index (χ1n) is 6.49. The summed E-state index contributed by atoms with van der Waals surface area (Å²) in [5.41, 5.74) is 0.873. The summed E-state index contributed by atoms with van der Waals surface area (Å²) in [6, 6.07) is 7.26. The Kier molecular flexibility index (Phi) is 4.33. The van der Waals surface area contributed by atoms with Crippen molar-refractivity contribution in [2.45, 2.75) is 42.9 Å². The van der Waals surface area contributed by atoms with Crippen LogP contribution >= 0.6 is 11.6 Å². The molecule has 1 aliphatic carbocycles. The molecule has 100 valence electrons. The third-order valence-electron chi connectivity index (χ3n) is 3.33. The van der Waals surface area contributed by atoms with Crippen molar-refractivity contribution in [1.82, 2.24) is 0 Å². The molecule has 1 aliphatic rings. The van der Waals surface area contributed by atoms with Crippen LogP contribution in [0.1, 0.15) is 31.7 Å². The molecule has 4 heteroatoms. The molecule has 0 spiro atoms. The van der Waals surface area contributed by atoms with Crippen LogP contribution in [0.15, 0.2) is 29.2 Å². The average Bonchev–Trinajstić information content (AvgIpc) is 3.13. The van der Waals surface area contributed by atoms with Gasteiger partial charge in [0.15, 0.2) is 9.84 Å². The Hall–Kier alpha value is -0.540. The van der Waals surface area contributed by atoms with Crippen molar-refractivity contribution < 1.29 is 8.42 Å². The van der Waals surface area contributed by atoms with Crippen LogP contribution in [0.5, 0.6) is 0 Å².